The molecule has 0 radical (unpaired) electrons. The maximum Gasteiger partial charge on any atom is 0.137 e. The molecule has 0 bridgehead atoms. The summed E-state index contributed by atoms with van der Waals surface area (Å²) in [5.74, 6) is 0.708. The fourth-order valence-corrected chi connectivity index (χ4v) is 4.98. The van der Waals surface area contributed by atoms with E-state index in [0.29, 0.717) is 17.4 Å². The van der Waals surface area contributed by atoms with Crippen LogP contribution in [0.3, 0.4) is 0 Å². The molecule has 1 N–H and O–H groups in total. The summed E-state index contributed by atoms with van der Waals surface area (Å²) >= 11 is 7.77. The van der Waals surface area contributed by atoms with Crippen molar-refractivity contribution in [3.8, 4) is 5.75 Å². The highest BCUT2D eigenvalue weighted by Crippen LogP contribution is 2.36. The number of halogens is 1. The first-order valence-electron chi connectivity index (χ1n) is 9.80. The molecule has 1 atom stereocenters. The Labute approximate surface area is 171 Å². The molecule has 3 rings (SSSR count). The van der Waals surface area contributed by atoms with Gasteiger partial charge < -0.3 is 14.7 Å². The molecule has 1 aliphatic rings. The highest BCUT2D eigenvalue weighted by atomic mass is 35.5. The van der Waals surface area contributed by atoms with E-state index in [1.54, 1.807) is 11.3 Å². The van der Waals surface area contributed by atoms with E-state index < -0.39 is 5.60 Å². The van der Waals surface area contributed by atoms with Gasteiger partial charge in [0.15, 0.2) is 0 Å². The van der Waals surface area contributed by atoms with Gasteiger partial charge in [-0.3, -0.25) is 0 Å². The zero-order valence-electron chi connectivity index (χ0n) is 16.2. The third-order valence-corrected chi connectivity index (χ3v) is 6.88. The van der Waals surface area contributed by atoms with E-state index in [9.17, 15) is 5.11 Å². The van der Waals surface area contributed by atoms with Crippen molar-refractivity contribution in [3.05, 3.63) is 44.9 Å². The van der Waals surface area contributed by atoms with Gasteiger partial charge in [-0.25, -0.2) is 4.98 Å². The SMILES string of the molecule is CCCN1CCCC(O)(c2nc(C)c(CCOc3ccccc3Cl)s2)CC1. The molecule has 27 heavy (non-hydrogen) atoms. The molecule has 4 nitrogen and oxygen atoms in total. The number of para-hydroxylation sites is 1. The lowest BCUT2D eigenvalue weighted by Crippen LogP contribution is -2.29. The Morgan fingerprint density at radius 2 is 2.11 bits per heavy atom. The Kier molecular flexibility index (Phi) is 7.15. The lowest BCUT2D eigenvalue weighted by atomic mass is 9.96. The van der Waals surface area contributed by atoms with Crippen molar-refractivity contribution in [2.45, 2.75) is 51.6 Å². The van der Waals surface area contributed by atoms with E-state index in [1.807, 2.05) is 31.2 Å². The molecule has 0 spiro atoms. The van der Waals surface area contributed by atoms with Crippen molar-refractivity contribution < 1.29 is 9.84 Å². The molecule has 148 valence electrons. The van der Waals surface area contributed by atoms with Crippen LogP contribution in [0.2, 0.25) is 5.02 Å². The van der Waals surface area contributed by atoms with Gasteiger partial charge in [0.25, 0.3) is 0 Å². The lowest BCUT2D eigenvalue weighted by Gasteiger charge is -2.24. The third-order valence-electron chi connectivity index (χ3n) is 5.16. The monoisotopic (exact) mass is 408 g/mol. The Hall–Kier alpha value is -1.14. The van der Waals surface area contributed by atoms with Crippen molar-refractivity contribution in [3.63, 3.8) is 0 Å². The molecule has 6 heteroatoms. The summed E-state index contributed by atoms with van der Waals surface area (Å²) in [7, 11) is 0. The van der Waals surface area contributed by atoms with E-state index in [1.165, 1.54) is 4.88 Å². The molecule has 2 aromatic rings. The first-order valence-corrected chi connectivity index (χ1v) is 11.0. The number of aromatic nitrogens is 1. The van der Waals surface area contributed by atoms with Crippen LogP contribution in [0.5, 0.6) is 5.75 Å². The standard InChI is InChI=1S/C21H29ClN2O2S/c1-3-12-24-13-6-10-21(25,11-14-24)20-23-16(2)19(27-20)9-15-26-18-8-5-4-7-17(18)22/h4-5,7-8,25H,3,6,9-15H2,1-2H3. The average Bonchev–Trinajstić information content (AvgIpc) is 2.92. The van der Waals surface area contributed by atoms with Crippen molar-refractivity contribution in [1.29, 1.82) is 0 Å². The predicted molar refractivity (Wildman–Crippen MR) is 112 cm³/mol. The van der Waals surface area contributed by atoms with Crippen LogP contribution in [0.4, 0.5) is 0 Å². The van der Waals surface area contributed by atoms with Crippen LogP contribution in [0.1, 0.15) is 48.2 Å². The minimum Gasteiger partial charge on any atom is -0.492 e. The number of hydrogen-bond donors (Lipinski definition) is 1. The summed E-state index contributed by atoms with van der Waals surface area (Å²) in [4.78, 5) is 8.37. The summed E-state index contributed by atoms with van der Waals surface area (Å²) < 4.78 is 5.81. The van der Waals surface area contributed by atoms with Gasteiger partial charge in [-0.15, -0.1) is 11.3 Å². The molecular formula is C21H29ClN2O2S. The first kappa shape index (κ1) is 20.6. The zero-order valence-corrected chi connectivity index (χ0v) is 17.8. The Morgan fingerprint density at radius 3 is 2.89 bits per heavy atom. The molecule has 1 unspecified atom stereocenters. The van der Waals surface area contributed by atoms with E-state index >= 15 is 0 Å². The molecule has 1 fully saturated rings. The third kappa shape index (κ3) is 5.23. The normalized spacial score (nSPS) is 21.2. The number of thiazole rings is 1. The summed E-state index contributed by atoms with van der Waals surface area (Å²) in [5, 5.41) is 12.8. The van der Waals surface area contributed by atoms with Gasteiger partial charge in [0.1, 0.15) is 16.4 Å². The van der Waals surface area contributed by atoms with Gasteiger partial charge in [0.05, 0.1) is 17.3 Å². The smallest absolute Gasteiger partial charge is 0.137 e. The highest BCUT2D eigenvalue weighted by molar-refractivity contribution is 7.11. The summed E-state index contributed by atoms with van der Waals surface area (Å²) in [5.41, 5.74) is 0.209. The Balaban J connectivity index is 1.62. The predicted octanol–water partition coefficient (Wildman–Crippen LogP) is 4.81. The number of aryl methyl sites for hydroxylation is 1. The molecule has 0 amide bonds. The second-order valence-electron chi connectivity index (χ2n) is 7.28. The molecule has 2 heterocycles. The zero-order chi connectivity index (χ0) is 19.3. The summed E-state index contributed by atoms with van der Waals surface area (Å²) in [6.45, 7) is 7.89. The van der Waals surface area contributed by atoms with Gasteiger partial charge in [0, 0.05) is 17.8 Å². The van der Waals surface area contributed by atoms with Gasteiger partial charge in [-0.1, -0.05) is 30.7 Å². The molecule has 0 aliphatic carbocycles. The van der Waals surface area contributed by atoms with Crippen molar-refractivity contribution in [2.75, 3.05) is 26.2 Å². The number of rotatable bonds is 7. The second kappa shape index (κ2) is 9.37. The fraction of sp³-hybridized carbons (Fsp3) is 0.571. The minimum absolute atomic E-state index is 0.551. The summed E-state index contributed by atoms with van der Waals surface area (Å²) in [6.07, 6.45) is 4.49. The van der Waals surface area contributed by atoms with Gasteiger partial charge >= 0.3 is 0 Å². The topological polar surface area (TPSA) is 45.6 Å². The van der Waals surface area contributed by atoms with Crippen LogP contribution in [0.15, 0.2) is 24.3 Å². The fourth-order valence-electron chi connectivity index (χ4n) is 3.60. The van der Waals surface area contributed by atoms with Gasteiger partial charge in [-0.05, 0) is 57.8 Å². The van der Waals surface area contributed by atoms with E-state index in [4.69, 9.17) is 21.3 Å². The molecular weight excluding hydrogens is 380 g/mol. The number of nitrogens with zero attached hydrogens (tertiary/aromatic N) is 2. The number of likely N-dealkylation sites (tertiary alicyclic amines) is 1. The number of hydrogen-bond acceptors (Lipinski definition) is 5. The van der Waals surface area contributed by atoms with E-state index in [2.05, 4.69) is 11.8 Å². The van der Waals surface area contributed by atoms with Crippen molar-refractivity contribution >= 4 is 22.9 Å². The van der Waals surface area contributed by atoms with E-state index in [0.717, 1.165) is 62.4 Å². The highest BCUT2D eigenvalue weighted by Gasteiger charge is 2.35. The molecule has 1 aromatic heterocycles. The molecule has 0 saturated carbocycles. The van der Waals surface area contributed by atoms with Crippen LogP contribution in [0.25, 0.3) is 0 Å². The molecule has 1 aromatic carbocycles. The molecule has 1 saturated heterocycles. The largest absolute Gasteiger partial charge is 0.492 e. The van der Waals surface area contributed by atoms with Crippen LogP contribution < -0.4 is 4.74 Å². The van der Waals surface area contributed by atoms with Crippen LogP contribution in [-0.2, 0) is 12.0 Å². The number of aliphatic hydroxyl groups is 1. The van der Waals surface area contributed by atoms with Gasteiger partial charge in [0.2, 0.25) is 0 Å². The van der Waals surface area contributed by atoms with Crippen LogP contribution in [0, 0.1) is 6.92 Å². The van der Waals surface area contributed by atoms with Crippen LogP contribution >= 0.6 is 22.9 Å². The Bertz CT molecular complexity index is 752. The summed E-state index contributed by atoms with van der Waals surface area (Å²) in [6, 6.07) is 7.52. The average molecular weight is 409 g/mol. The Morgan fingerprint density at radius 1 is 1.30 bits per heavy atom. The number of ether oxygens (including phenoxy) is 1. The maximum atomic E-state index is 11.3. The second-order valence-corrected chi connectivity index (χ2v) is 8.77. The first-order chi connectivity index (χ1) is 13.0. The quantitative estimate of drug-likeness (QED) is 0.714. The van der Waals surface area contributed by atoms with Crippen molar-refractivity contribution in [2.24, 2.45) is 0 Å². The van der Waals surface area contributed by atoms with Gasteiger partial charge in [-0.2, -0.15) is 0 Å². The van der Waals surface area contributed by atoms with Crippen molar-refractivity contribution in [1.82, 2.24) is 9.88 Å². The number of benzene rings is 1. The minimum atomic E-state index is -0.792. The van der Waals surface area contributed by atoms with E-state index in [-0.39, 0.29) is 0 Å². The lowest BCUT2D eigenvalue weighted by molar-refractivity contribution is 0.0209. The maximum absolute atomic E-state index is 11.3. The molecule has 1 aliphatic heterocycles. The van der Waals surface area contributed by atoms with Crippen LogP contribution in [-0.4, -0.2) is 41.2 Å².